The van der Waals surface area contributed by atoms with E-state index in [2.05, 4.69) is 40.2 Å². The van der Waals surface area contributed by atoms with Crippen molar-refractivity contribution in [1.29, 1.82) is 0 Å². The summed E-state index contributed by atoms with van der Waals surface area (Å²) in [6.45, 7) is 1.87. The van der Waals surface area contributed by atoms with E-state index in [1.165, 1.54) is 11.6 Å². The van der Waals surface area contributed by atoms with Crippen molar-refractivity contribution in [2.45, 2.75) is 25.8 Å². The molecule has 0 N–H and O–H groups in total. The summed E-state index contributed by atoms with van der Waals surface area (Å²) in [4.78, 5) is 26.9. The van der Waals surface area contributed by atoms with Crippen LogP contribution in [0.2, 0.25) is 0 Å². The normalized spacial score (nSPS) is 15.1. The number of amides is 1. The van der Waals surface area contributed by atoms with Gasteiger partial charge in [0, 0.05) is 35.2 Å². The van der Waals surface area contributed by atoms with Crippen LogP contribution in [0.15, 0.2) is 70.1 Å². The molecule has 2 heterocycles. The minimum absolute atomic E-state index is 0.0204. The van der Waals surface area contributed by atoms with E-state index in [-0.39, 0.29) is 17.9 Å². The Kier molecular flexibility index (Phi) is 5.62. The Morgan fingerprint density at radius 1 is 1.04 bits per heavy atom. The molecule has 0 atom stereocenters. The summed E-state index contributed by atoms with van der Waals surface area (Å²) in [7, 11) is 0. The van der Waals surface area contributed by atoms with Gasteiger partial charge in [0.05, 0.1) is 5.52 Å². The number of rotatable bonds is 4. The molecule has 1 aromatic heterocycles. The molecule has 0 bridgehead atoms. The van der Waals surface area contributed by atoms with Gasteiger partial charge >= 0.3 is 0 Å². The Morgan fingerprint density at radius 3 is 2.54 bits per heavy atom. The van der Waals surface area contributed by atoms with Crippen LogP contribution in [0, 0.1) is 5.92 Å². The third-order valence-electron chi connectivity index (χ3n) is 5.58. The molecule has 144 valence electrons. The van der Waals surface area contributed by atoms with Crippen molar-refractivity contribution in [1.82, 2.24) is 9.47 Å². The Morgan fingerprint density at radius 2 is 1.79 bits per heavy atom. The number of piperidine rings is 1. The number of nitrogens with zero attached hydrogens (tertiary/aromatic N) is 2. The highest BCUT2D eigenvalue weighted by Crippen LogP contribution is 2.22. The first-order chi connectivity index (χ1) is 13.6. The second-order valence-corrected chi connectivity index (χ2v) is 8.40. The molecule has 2 aromatic carbocycles. The first kappa shape index (κ1) is 18.9. The van der Waals surface area contributed by atoms with Gasteiger partial charge in [-0.2, -0.15) is 0 Å². The first-order valence-corrected chi connectivity index (χ1v) is 10.5. The summed E-state index contributed by atoms with van der Waals surface area (Å²) in [6, 6.07) is 17.7. The largest absolute Gasteiger partial charge is 0.341 e. The molecule has 1 amide bonds. The van der Waals surface area contributed by atoms with Crippen LogP contribution in [0.25, 0.3) is 10.9 Å². The summed E-state index contributed by atoms with van der Waals surface area (Å²) in [5, 5.41) is 0.639. The fourth-order valence-electron chi connectivity index (χ4n) is 4.00. The molecule has 1 fully saturated rings. The zero-order chi connectivity index (χ0) is 19.5. The number of aromatic nitrogens is 1. The standard InChI is InChI=1S/C23H23BrN2O2/c24-19-6-7-20-21(15-19)26(13-10-22(20)27)16-23(28)25-11-8-18(9-12-25)14-17-4-2-1-3-5-17/h1-7,10,13,15,18H,8-9,11-12,14,16H2. The lowest BCUT2D eigenvalue weighted by Crippen LogP contribution is -2.40. The molecule has 0 unspecified atom stereocenters. The Bertz CT molecular complexity index is 1040. The maximum Gasteiger partial charge on any atom is 0.242 e. The molecule has 0 aliphatic carbocycles. The lowest BCUT2D eigenvalue weighted by Gasteiger charge is -2.32. The number of benzene rings is 2. The minimum atomic E-state index is -0.0204. The Hall–Kier alpha value is -2.40. The fourth-order valence-corrected chi connectivity index (χ4v) is 4.35. The first-order valence-electron chi connectivity index (χ1n) is 9.70. The molecule has 5 heteroatoms. The molecular formula is C23H23BrN2O2. The molecular weight excluding hydrogens is 416 g/mol. The SMILES string of the molecule is O=C(Cn1ccc(=O)c2ccc(Br)cc21)N1CCC(Cc2ccccc2)CC1. The summed E-state index contributed by atoms with van der Waals surface area (Å²) in [5.41, 5.74) is 2.14. The monoisotopic (exact) mass is 438 g/mol. The van der Waals surface area contributed by atoms with Gasteiger partial charge in [-0.3, -0.25) is 9.59 Å². The Labute approximate surface area is 172 Å². The van der Waals surface area contributed by atoms with Crippen LogP contribution in [0.4, 0.5) is 0 Å². The van der Waals surface area contributed by atoms with Crippen molar-refractivity contribution < 1.29 is 4.79 Å². The molecule has 1 saturated heterocycles. The number of hydrogen-bond acceptors (Lipinski definition) is 2. The van der Waals surface area contributed by atoms with Crippen molar-refractivity contribution >= 4 is 32.7 Å². The second-order valence-electron chi connectivity index (χ2n) is 7.48. The van der Waals surface area contributed by atoms with Crippen LogP contribution >= 0.6 is 15.9 Å². The van der Waals surface area contributed by atoms with E-state index >= 15 is 0 Å². The molecule has 3 aromatic rings. The van der Waals surface area contributed by atoms with Crippen molar-refractivity contribution in [3.63, 3.8) is 0 Å². The van der Waals surface area contributed by atoms with Crippen LogP contribution in [0.3, 0.4) is 0 Å². The van der Waals surface area contributed by atoms with Gasteiger partial charge in [0.25, 0.3) is 0 Å². The molecule has 28 heavy (non-hydrogen) atoms. The molecule has 1 aliphatic heterocycles. The predicted molar refractivity (Wildman–Crippen MR) is 115 cm³/mol. The maximum atomic E-state index is 12.9. The maximum absolute atomic E-state index is 12.9. The quantitative estimate of drug-likeness (QED) is 0.610. The number of hydrogen-bond donors (Lipinski definition) is 0. The van der Waals surface area contributed by atoms with Crippen molar-refractivity contribution in [3.05, 3.63) is 81.1 Å². The Balaban J connectivity index is 1.41. The molecule has 4 nitrogen and oxygen atoms in total. The van der Waals surface area contributed by atoms with Crippen molar-refractivity contribution in [3.8, 4) is 0 Å². The summed E-state index contributed by atoms with van der Waals surface area (Å²) >= 11 is 3.46. The number of likely N-dealkylation sites (tertiary alicyclic amines) is 1. The average molecular weight is 439 g/mol. The molecule has 0 radical (unpaired) electrons. The smallest absolute Gasteiger partial charge is 0.242 e. The van der Waals surface area contributed by atoms with Gasteiger partial charge in [-0.05, 0) is 48.9 Å². The average Bonchev–Trinajstić information content (AvgIpc) is 2.71. The summed E-state index contributed by atoms with van der Waals surface area (Å²) < 4.78 is 2.77. The van der Waals surface area contributed by atoms with Crippen LogP contribution in [-0.4, -0.2) is 28.5 Å². The highest BCUT2D eigenvalue weighted by atomic mass is 79.9. The van der Waals surface area contributed by atoms with E-state index in [0.717, 1.165) is 42.3 Å². The number of fused-ring (bicyclic) bond motifs is 1. The topological polar surface area (TPSA) is 42.3 Å². The minimum Gasteiger partial charge on any atom is -0.341 e. The lowest BCUT2D eigenvalue weighted by atomic mass is 9.90. The van der Waals surface area contributed by atoms with Crippen LogP contribution in [-0.2, 0) is 17.8 Å². The van der Waals surface area contributed by atoms with Gasteiger partial charge in [-0.25, -0.2) is 0 Å². The second kappa shape index (κ2) is 8.31. The van der Waals surface area contributed by atoms with E-state index in [1.54, 1.807) is 12.3 Å². The van der Waals surface area contributed by atoms with Gasteiger partial charge in [0.1, 0.15) is 6.54 Å². The molecule has 4 rings (SSSR count). The third kappa shape index (κ3) is 4.20. The highest BCUT2D eigenvalue weighted by Gasteiger charge is 2.23. The highest BCUT2D eigenvalue weighted by molar-refractivity contribution is 9.10. The van der Waals surface area contributed by atoms with Crippen molar-refractivity contribution in [2.75, 3.05) is 13.1 Å². The van der Waals surface area contributed by atoms with E-state index in [0.29, 0.717) is 11.3 Å². The van der Waals surface area contributed by atoms with E-state index in [1.807, 2.05) is 27.7 Å². The predicted octanol–water partition coefficient (Wildman–Crippen LogP) is 4.25. The van der Waals surface area contributed by atoms with E-state index < -0.39 is 0 Å². The molecule has 1 aliphatic rings. The van der Waals surface area contributed by atoms with Crippen LogP contribution in [0.1, 0.15) is 18.4 Å². The number of carbonyl (C=O) groups excluding carboxylic acids is 1. The summed E-state index contributed by atoms with van der Waals surface area (Å²) in [6.07, 6.45) is 4.88. The van der Waals surface area contributed by atoms with Crippen LogP contribution in [0.5, 0.6) is 0 Å². The van der Waals surface area contributed by atoms with Gasteiger partial charge in [-0.1, -0.05) is 46.3 Å². The van der Waals surface area contributed by atoms with Crippen LogP contribution < -0.4 is 5.43 Å². The third-order valence-corrected chi connectivity index (χ3v) is 6.07. The zero-order valence-corrected chi connectivity index (χ0v) is 17.3. The lowest BCUT2D eigenvalue weighted by molar-refractivity contribution is -0.133. The number of pyridine rings is 1. The van der Waals surface area contributed by atoms with E-state index in [4.69, 9.17) is 0 Å². The fraction of sp³-hybridized carbons (Fsp3) is 0.304. The molecule has 0 spiro atoms. The van der Waals surface area contributed by atoms with Gasteiger partial charge < -0.3 is 9.47 Å². The van der Waals surface area contributed by atoms with E-state index in [9.17, 15) is 9.59 Å². The van der Waals surface area contributed by atoms with Gasteiger partial charge in [0.15, 0.2) is 5.43 Å². The number of carbonyl (C=O) groups is 1. The molecule has 0 saturated carbocycles. The zero-order valence-electron chi connectivity index (χ0n) is 15.7. The number of halogens is 1. The summed E-state index contributed by atoms with van der Waals surface area (Å²) in [5.74, 6) is 0.749. The van der Waals surface area contributed by atoms with Crippen molar-refractivity contribution in [2.24, 2.45) is 5.92 Å². The van der Waals surface area contributed by atoms with Gasteiger partial charge in [-0.15, -0.1) is 0 Å². The van der Waals surface area contributed by atoms with Gasteiger partial charge in [0.2, 0.25) is 5.91 Å².